The van der Waals surface area contributed by atoms with Crippen LogP contribution in [0.15, 0.2) is 48.6 Å². The van der Waals surface area contributed by atoms with E-state index in [0.717, 1.165) is 89.9 Å². The summed E-state index contributed by atoms with van der Waals surface area (Å²) in [6, 6.07) is 0. The van der Waals surface area contributed by atoms with Crippen molar-refractivity contribution in [3.8, 4) is 0 Å². The second-order valence-electron chi connectivity index (χ2n) is 14.1. The van der Waals surface area contributed by atoms with E-state index in [1.54, 1.807) is 0 Å². The van der Waals surface area contributed by atoms with E-state index in [1.165, 1.54) is 25.7 Å². The number of ether oxygens (including phenoxy) is 4. The van der Waals surface area contributed by atoms with Gasteiger partial charge in [0.05, 0.1) is 13.2 Å². The summed E-state index contributed by atoms with van der Waals surface area (Å²) >= 11 is 0. The number of aliphatic hydroxyl groups is 4. The zero-order valence-electron chi connectivity index (χ0n) is 33.0. The number of unbranched alkanes of at least 4 members (excludes halogenated alkanes) is 14. The minimum atomic E-state index is -1.60. The predicted octanol–water partition coefficient (Wildman–Crippen LogP) is 8.10. The molecule has 306 valence electrons. The Hall–Kier alpha value is -2.34. The van der Waals surface area contributed by atoms with Crippen LogP contribution >= 0.6 is 0 Å². The second kappa shape index (κ2) is 34.2. The largest absolute Gasteiger partial charge is 0.462 e. The summed E-state index contributed by atoms with van der Waals surface area (Å²) in [5.74, 6) is -0.841. The molecule has 0 spiro atoms. The van der Waals surface area contributed by atoms with Crippen LogP contribution in [0.2, 0.25) is 0 Å². The number of esters is 2. The van der Waals surface area contributed by atoms with Crippen molar-refractivity contribution in [3.05, 3.63) is 48.6 Å². The van der Waals surface area contributed by atoms with Crippen LogP contribution in [0.3, 0.4) is 0 Å². The fraction of sp³-hybridized carbons (Fsp3) is 0.767. The van der Waals surface area contributed by atoms with Gasteiger partial charge in [0, 0.05) is 12.8 Å². The smallest absolute Gasteiger partial charge is 0.306 e. The zero-order valence-corrected chi connectivity index (χ0v) is 33.0. The molecule has 1 heterocycles. The SMILES string of the molecule is CCC=CCC=CCC=CCCCCCCCC(=O)OCC(COC1OC(CO)C(O)C(O)C1O)OC(=O)CCCCCCCC=CCCCCCC. The highest BCUT2D eigenvalue weighted by Gasteiger charge is 2.44. The molecule has 0 amide bonds. The van der Waals surface area contributed by atoms with Crippen LogP contribution in [-0.2, 0) is 28.5 Å². The summed E-state index contributed by atoms with van der Waals surface area (Å²) in [4.78, 5) is 25.2. The number of allylic oxidation sites excluding steroid dienone is 8. The maximum absolute atomic E-state index is 12.7. The number of hydrogen-bond acceptors (Lipinski definition) is 10. The Balaban J connectivity index is 2.39. The van der Waals surface area contributed by atoms with Gasteiger partial charge in [-0.25, -0.2) is 0 Å². The highest BCUT2D eigenvalue weighted by molar-refractivity contribution is 5.70. The molecule has 0 aromatic heterocycles. The molecule has 1 aliphatic rings. The highest BCUT2D eigenvalue weighted by Crippen LogP contribution is 2.22. The van der Waals surface area contributed by atoms with Gasteiger partial charge in [-0.1, -0.05) is 120 Å². The third-order valence-electron chi connectivity index (χ3n) is 9.20. The van der Waals surface area contributed by atoms with Crippen LogP contribution in [0.5, 0.6) is 0 Å². The normalized spacial score (nSPS) is 21.4. The van der Waals surface area contributed by atoms with Crippen molar-refractivity contribution in [1.82, 2.24) is 0 Å². The van der Waals surface area contributed by atoms with Gasteiger partial charge in [-0.3, -0.25) is 9.59 Å². The summed E-state index contributed by atoms with van der Waals surface area (Å²) in [7, 11) is 0. The van der Waals surface area contributed by atoms with Gasteiger partial charge in [0.15, 0.2) is 12.4 Å². The van der Waals surface area contributed by atoms with E-state index < -0.39 is 55.4 Å². The Labute approximate surface area is 320 Å². The maximum atomic E-state index is 12.7. The molecule has 0 saturated carbocycles. The maximum Gasteiger partial charge on any atom is 0.306 e. The Morgan fingerprint density at radius 3 is 1.70 bits per heavy atom. The van der Waals surface area contributed by atoms with Crippen molar-refractivity contribution in [1.29, 1.82) is 0 Å². The van der Waals surface area contributed by atoms with Gasteiger partial charge < -0.3 is 39.4 Å². The Kier molecular flexibility index (Phi) is 31.4. The molecule has 0 aliphatic carbocycles. The molecule has 0 aromatic carbocycles. The predicted molar refractivity (Wildman–Crippen MR) is 210 cm³/mol. The monoisotopic (exact) mass is 751 g/mol. The summed E-state index contributed by atoms with van der Waals surface area (Å²) in [6.07, 6.45) is 31.2. The van der Waals surface area contributed by atoms with E-state index in [-0.39, 0.29) is 26.1 Å². The molecule has 10 nitrogen and oxygen atoms in total. The van der Waals surface area contributed by atoms with E-state index in [9.17, 15) is 30.0 Å². The summed E-state index contributed by atoms with van der Waals surface area (Å²) in [6.45, 7) is 3.25. The Morgan fingerprint density at radius 2 is 1.11 bits per heavy atom. The molecule has 6 unspecified atom stereocenters. The second-order valence-corrected chi connectivity index (χ2v) is 14.1. The van der Waals surface area contributed by atoms with Gasteiger partial charge in [-0.2, -0.15) is 0 Å². The van der Waals surface area contributed by atoms with Crippen molar-refractivity contribution in [2.75, 3.05) is 19.8 Å². The number of hydrogen-bond donors (Lipinski definition) is 4. The first kappa shape index (κ1) is 48.7. The molecular weight excluding hydrogens is 676 g/mol. The number of rotatable bonds is 33. The Bertz CT molecular complexity index is 1010. The molecule has 4 N–H and O–H groups in total. The molecule has 1 fully saturated rings. The molecular formula is C43H74O10. The average molecular weight is 751 g/mol. The lowest BCUT2D eigenvalue weighted by molar-refractivity contribution is -0.305. The van der Waals surface area contributed by atoms with Crippen molar-refractivity contribution >= 4 is 11.9 Å². The third-order valence-corrected chi connectivity index (χ3v) is 9.20. The third kappa shape index (κ3) is 26.2. The van der Waals surface area contributed by atoms with E-state index in [2.05, 4.69) is 62.5 Å². The number of carbonyl (C=O) groups is 2. The van der Waals surface area contributed by atoms with Crippen molar-refractivity contribution < 1.29 is 49.0 Å². The topological polar surface area (TPSA) is 152 Å². The molecule has 0 bridgehead atoms. The first-order valence-electron chi connectivity index (χ1n) is 20.7. The van der Waals surface area contributed by atoms with Gasteiger partial charge in [0.1, 0.15) is 31.0 Å². The summed E-state index contributed by atoms with van der Waals surface area (Å²) in [5, 5.41) is 40.0. The van der Waals surface area contributed by atoms with Crippen LogP contribution in [0.4, 0.5) is 0 Å². The number of carbonyl (C=O) groups excluding carboxylic acids is 2. The van der Waals surface area contributed by atoms with E-state index in [4.69, 9.17) is 18.9 Å². The quantitative estimate of drug-likeness (QED) is 0.0294. The fourth-order valence-electron chi connectivity index (χ4n) is 5.90. The molecule has 1 saturated heterocycles. The van der Waals surface area contributed by atoms with Crippen molar-refractivity contribution in [3.63, 3.8) is 0 Å². The summed E-state index contributed by atoms with van der Waals surface area (Å²) in [5.41, 5.74) is 0. The minimum Gasteiger partial charge on any atom is -0.462 e. The molecule has 6 atom stereocenters. The standard InChI is InChI=1S/C43H74O10/c1-3-5-7-9-11-13-15-17-18-20-21-23-25-27-29-31-38(45)50-34-36(35-51-43-42(49)41(48)40(47)37(33-44)53-43)52-39(46)32-30-28-26-24-22-19-16-14-12-10-8-6-4-2/h5,7,11,13-14,16-18,36-37,40-44,47-49H,3-4,6,8-10,12,15,19-35H2,1-2H3. The average Bonchev–Trinajstić information content (AvgIpc) is 3.15. The Morgan fingerprint density at radius 1 is 0.604 bits per heavy atom. The highest BCUT2D eigenvalue weighted by atomic mass is 16.7. The van der Waals surface area contributed by atoms with Gasteiger partial charge >= 0.3 is 11.9 Å². The van der Waals surface area contributed by atoms with Gasteiger partial charge in [-0.05, 0) is 70.6 Å². The lowest BCUT2D eigenvalue weighted by Gasteiger charge is -2.39. The first-order chi connectivity index (χ1) is 25.8. The van der Waals surface area contributed by atoms with Gasteiger partial charge in [0.2, 0.25) is 0 Å². The lowest BCUT2D eigenvalue weighted by atomic mass is 9.99. The molecule has 0 aromatic rings. The lowest BCUT2D eigenvalue weighted by Crippen LogP contribution is -2.59. The first-order valence-corrected chi connectivity index (χ1v) is 20.7. The molecule has 1 aliphatic heterocycles. The van der Waals surface area contributed by atoms with Crippen LogP contribution in [0.1, 0.15) is 155 Å². The van der Waals surface area contributed by atoms with Crippen molar-refractivity contribution in [2.24, 2.45) is 0 Å². The van der Waals surface area contributed by atoms with Crippen LogP contribution in [0.25, 0.3) is 0 Å². The van der Waals surface area contributed by atoms with Crippen LogP contribution in [-0.4, -0.2) is 89.0 Å². The number of aliphatic hydroxyl groups excluding tert-OH is 4. The molecule has 1 rings (SSSR count). The molecule has 53 heavy (non-hydrogen) atoms. The van der Waals surface area contributed by atoms with Crippen LogP contribution < -0.4 is 0 Å². The van der Waals surface area contributed by atoms with E-state index in [0.29, 0.717) is 12.8 Å². The van der Waals surface area contributed by atoms with Gasteiger partial charge in [0.25, 0.3) is 0 Å². The zero-order chi connectivity index (χ0) is 38.8. The van der Waals surface area contributed by atoms with Crippen molar-refractivity contribution in [2.45, 2.75) is 192 Å². The van der Waals surface area contributed by atoms with E-state index in [1.807, 2.05) is 0 Å². The minimum absolute atomic E-state index is 0.214. The van der Waals surface area contributed by atoms with Crippen LogP contribution in [0, 0.1) is 0 Å². The fourth-order valence-corrected chi connectivity index (χ4v) is 5.90. The molecule has 0 radical (unpaired) electrons. The summed E-state index contributed by atoms with van der Waals surface area (Å²) < 4.78 is 22.1. The molecule has 10 heteroatoms. The van der Waals surface area contributed by atoms with E-state index >= 15 is 0 Å². The van der Waals surface area contributed by atoms with Gasteiger partial charge in [-0.15, -0.1) is 0 Å².